The largest absolute Gasteiger partial charge is 0.454 e. The molecule has 12 aromatic carbocycles. The molecule has 4 heteroatoms. The Morgan fingerprint density at radius 3 is 1.08 bits per heavy atom. The molecule has 0 aliphatic heterocycles. The smallest absolute Gasteiger partial charge is 0.159 e. The highest BCUT2D eigenvalue weighted by molar-refractivity contribution is 6.29. The number of aryl methyl sites for hydroxylation is 2. The van der Waals surface area contributed by atoms with E-state index in [9.17, 15) is 0 Å². The molecule has 2 aromatic heterocycles. The predicted octanol–water partition coefficient (Wildman–Crippen LogP) is 21.9. The highest BCUT2D eigenvalue weighted by Gasteiger charge is 2.30. The minimum atomic E-state index is -0.120. The third-order valence-corrected chi connectivity index (χ3v) is 16.3. The average Bonchev–Trinajstić information content (AvgIpc) is 4.16. The van der Waals surface area contributed by atoms with E-state index in [2.05, 4.69) is 284 Å². The molecule has 0 N–H and O–H groups in total. The number of furan rings is 2. The summed E-state index contributed by atoms with van der Waals surface area (Å²) in [6.45, 7) is 18.0. The van der Waals surface area contributed by atoms with Crippen molar-refractivity contribution >= 4 is 110 Å². The van der Waals surface area contributed by atoms with Crippen molar-refractivity contribution in [3.63, 3.8) is 0 Å². The van der Waals surface area contributed by atoms with E-state index >= 15 is 0 Å². The quantitative estimate of drug-likeness (QED) is 0.142. The van der Waals surface area contributed by atoms with Gasteiger partial charge in [-0.15, -0.1) is 0 Å². The molecule has 378 valence electrons. The fourth-order valence-corrected chi connectivity index (χ4v) is 12.5. The average molecular weight is 1010 g/mol. The van der Waals surface area contributed by atoms with Crippen LogP contribution in [0, 0.1) is 13.8 Å². The van der Waals surface area contributed by atoms with E-state index in [0.29, 0.717) is 0 Å². The van der Waals surface area contributed by atoms with Gasteiger partial charge >= 0.3 is 0 Å². The molecule has 14 aromatic rings. The number of benzene rings is 12. The molecule has 0 radical (unpaired) electrons. The Bertz CT molecular complexity index is 4360. The van der Waals surface area contributed by atoms with E-state index < -0.39 is 0 Å². The summed E-state index contributed by atoms with van der Waals surface area (Å²) < 4.78 is 14.6. The summed E-state index contributed by atoms with van der Waals surface area (Å²) >= 11 is 0. The normalized spacial score (nSPS) is 12.4. The van der Waals surface area contributed by atoms with E-state index in [4.69, 9.17) is 8.83 Å². The summed E-state index contributed by atoms with van der Waals surface area (Å²) in [5, 5.41) is 11.5. The Labute approximate surface area is 455 Å². The van der Waals surface area contributed by atoms with Crippen molar-refractivity contribution in [2.45, 2.75) is 66.2 Å². The van der Waals surface area contributed by atoms with E-state index in [1.807, 2.05) is 0 Å². The van der Waals surface area contributed by atoms with Crippen LogP contribution in [0.15, 0.2) is 227 Å². The first-order valence-corrected chi connectivity index (χ1v) is 27.3. The molecular formula is C74H60N2O2. The molecule has 2 heterocycles. The number of fused-ring (bicyclic) bond motifs is 6. The lowest BCUT2D eigenvalue weighted by molar-refractivity contribution is 0.572. The molecule has 78 heavy (non-hydrogen) atoms. The summed E-state index contributed by atoms with van der Waals surface area (Å²) in [5.41, 5.74) is 18.9. The molecule has 4 nitrogen and oxygen atoms in total. The molecule has 0 atom stereocenters. The maximum atomic E-state index is 7.28. The second-order valence-corrected chi connectivity index (χ2v) is 23.4. The van der Waals surface area contributed by atoms with Crippen LogP contribution in [0.25, 0.3) is 98.4 Å². The van der Waals surface area contributed by atoms with Gasteiger partial charge in [0.15, 0.2) is 11.2 Å². The standard InChI is InChI=1S/C74H60N2O2/c1-45-31-37-57-55-27-17-29-61(73(3,4)5)69(55)77-71(57)67(45)75(53-25-15-23-51(43-53)47-19-11-9-12-20-47)63-41-35-49-34-40-60-64(42-36-50-33-39-59(63)65(49)66(50)60)76(54-26-16-24-52(44-54)48-21-13-10-14-22-48)68-46(2)32-38-58-56-28-18-30-62(74(6,7)8)70(56)78-72(58)68/h9-44H,1-8H3. The second-order valence-electron chi connectivity index (χ2n) is 23.4. The second kappa shape index (κ2) is 17.7. The summed E-state index contributed by atoms with van der Waals surface area (Å²) in [7, 11) is 0. The molecule has 0 fully saturated rings. The Kier molecular flexibility index (Phi) is 10.8. The summed E-state index contributed by atoms with van der Waals surface area (Å²) in [6.07, 6.45) is 0. The first-order valence-electron chi connectivity index (χ1n) is 27.3. The third-order valence-electron chi connectivity index (χ3n) is 16.3. The van der Waals surface area contributed by atoms with E-state index in [1.165, 1.54) is 32.7 Å². The van der Waals surface area contributed by atoms with Crippen molar-refractivity contribution in [3.05, 3.63) is 241 Å². The zero-order valence-electron chi connectivity index (χ0n) is 45.5. The number of anilines is 6. The minimum absolute atomic E-state index is 0.120. The topological polar surface area (TPSA) is 32.8 Å². The number of para-hydroxylation sites is 2. The van der Waals surface area contributed by atoms with Gasteiger partial charge in [0.1, 0.15) is 11.2 Å². The van der Waals surface area contributed by atoms with Crippen LogP contribution in [0.5, 0.6) is 0 Å². The SMILES string of the molecule is Cc1ccc2c(oc3c(C(C)(C)C)cccc32)c1N(c1cccc(-c2ccccc2)c1)c1ccc2ccc3c(N(c4cccc(-c5ccccc5)c4)c4c(C)ccc5c4oc4c(C(C)(C)C)cccc45)ccc4ccc1c2c43. The van der Waals surface area contributed by atoms with Crippen molar-refractivity contribution in [1.29, 1.82) is 0 Å². The lowest BCUT2D eigenvalue weighted by Crippen LogP contribution is -2.13. The van der Waals surface area contributed by atoms with E-state index in [0.717, 1.165) is 122 Å². The van der Waals surface area contributed by atoms with Crippen LogP contribution in [-0.2, 0) is 10.8 Å². The first kappa shape index (κ1) is 47.3. The molecule has 0 aliphatic carbocycles. The zero-order chi connectivity index (χ0) is 53.2. The van der Waals surface area contributed by atoms with Gasteiger partial charge in [-0.3, -0.25) is 0 Å². The van der Waals surface area contributed by atoms with Gasteiger partial charge in [-0.1, -0.05) is 224 Å². The third kappa shape index (κ3) is 7.49. The monoisotopic (exact) mass is 1010 g/mol. The summed E-state index contributed by atoms with van der Waals surface area (Å²) in [5.74, 6) is 0. The maximum Gasteiger partial charge on any atom is 0.159 e. The number of rotatable bonds is 8. The van der Waals surface area contributed by atoms with Crippen LogP contribution in [0.2, 0.25) is 0 Å². The Morgan fingerprint density at radius 2 is 0.667 bits per heavy atom. The van der Waals surface area contributed by atoms with Crippen LogP contribution in [0.1, 0.15) is 63.8 Å². The molecule has 0 spiro atoms. The van der Waals surface area contributed by atoms with Gasteiger partial charge in [0, 0.05) is 54.8 Å². The number of nitrogens with zero attached hydrogens (tertiary/aromatic N) is 2. The van der Waals surface area contributed by atoms with Crippen LogP contribution in [-0.4, -0.2) is 0 Å². The fourth-order valence-electron chi connectivity index (χ4n) is 12.5. The van der Waals surface area contributed by atoms with Crippen molar-refractivity contribution in [3.8, 4) is 22.3 Å². The van der Waals surface area contributed by atoms with Gasteiger partial charge < -0.3 is 18.6 Å². The van der Waals surface area contributed by atoms with Gasteiger partial charge in [-0.25, -0.2) is 0 Å². The van der Waals surface area contributed by atoms with Crippen molar-refractivity contribution in [2.24, 2.45) is 0 Å². The molecule has 0 aliphatic rings. The van der Waals surface area contributed by atoms with Gasteiger partial charge in [-0.2, -0.15) is 0 Å². The van der Waals surface area contributed by atoms with Crippen LogP contribution < -0.4 is 9.80 Å². The van der Waals surface area contributed by atoms with Gasteiger partial charge in [0.25, 0.3) is 0 Å². The Morgan fingerprint density at radius 1 is 0.308 bits per heavy atom. The molecule has 14 rings (SSSR count). The predicted molar refractivity (Wildman–Crippen MR) is 332 cm³/mol. The molecule has 0 saturated carbocycles. The summed E-state index contributed by atoms with van der Waals surface area (Å²) in [4.78, 5) is 4.93. The van der Waals surface area contributed by atoms with Crippen LogP contribution in [0.4, 0.5) is 34.1 Å². The highest BCUT2D eigenvalue weighted by atomic mass is 16.3. The molecule has 0 bridgehead atoms. The zero-order valence-corrected chi connectivity index (χ0v) is 45.5. The lowest BCUT2D eigenvalue weighted by atomic mass is 9.86. The first-order chi connectivity index (χ1) is 37.8. The number of hydrogen-bond acceptors (Lipinski definition) is 4. The lowest BCUT2D eigenvalue weighted by Gasteiger charge is -2.31. The fraction of sp³-hybridized carbons (Fsp3) is 0.135. The summed E-state index contributed by atoms with van der Waals surface area (Å²) in [6, 6.07) is 80.2. The molecule has 0 saturated heterocycles. The minimum Gasteiger partial charge on any atom is -0.454 e. The number of hydrogen-bond donors (Lipinski definition) is 0. The van der Waals surface area contributed by atoms with E-state index in [-0.39, 0.29) is 10.8 Å². The highest BCUT2D eigenvalue weighted by Crippen LogP contribution is 2.53. The Balaban J connectivity index is 1.05. The van der Waals surface area contributed by atoms with Crippen molar-refractivity contribution in [1.82, 2.24) is 0 Å². The van der Waals surface area contributed by atoms with Gasteiger partial charge in [0.2, 0.25) is 0 Å². The van der Waals surface area contributed by atoms with Crippen LogP contribution in [0.3, 0.4) is 0 Å². The Hall–Kier alpha value is -9.12. The maximum absolute atomic E-state index is 7.28. The van der Waals surface area contributed by atoms with Gasteiger partial charge in [0.05, 0.1) is 22.7 Å². The van der Waals surface area contributed by atoms with Crippen molar-refractivity contribution < 1.29 is 8.83 Å². The van der Waals surface area contributed by atoms with Crippen molar-refractivity contribution in [2.75, 3.05) is 9.80 Å². The van der Waals surface area contributed by atoms with Crippen LogP contribution >= 0.6 is 0 Å². The van der Waals surface area contributed by atoms with Gasteiger partial charge in [-0.05, 0) is 116 Å². The van der Waals surface area contributed by atoms with E-state index in [1.54, 1.807) is 0 Å². The molecule has 0 amide bonds. The molecular weight excluding hydrogens is 949 g/mol. The molecule has 0 unspecified atom stereocenters.